The van der Waals surface area contributed by atoms with Crippen LogP contribution in [0.25, 0.3) is 11.0 Å². The summed E-state index contributed by atoms with van der Waals surface area (Å²) in [7, 11) is 0. The molecule has 1 spiro atoms. The quantitative estimate of drug-likeness (QED) is 0.772. The van der Waals surface area contributed by atoms with Crippen molar-refractivity contribution in [1.82, 2.24) is 9.80 Å². The van der Waals surface area contributed by atoms with Crippen LogP contribution in [-0.4, -0.2) is 72.7 Å². The highest BCUT2D eigenvalue weighted by Crippen LogP contribution is 2.37. The fourth-order valence-electron chi connectivity index (χ4n) is 4.91. The second-order valence-corrected chi connectivity index (χ2v) is 8.76. The molecule has 3 saturated heterocycles. The monoisotopic (exact) mass is 412 g/mol. The van der Waals surface area contributed by atoms with E-state index in [0.29, 0.717) is 31.9 Å². The number of nitrogens with zero attached hydrogens (tertiary/aromatic N) is 2. The average molecular weight is 412 g/mol. The molecule has 3 aliphatic rings. The summed E-state index contributed by atoms with van der Waals surface area (Å²) < 4.78 is 17.8. The van der Waals surface area contributed by atoms with Gasteiger partial charge in [0.05, 0.1) is 19.2 Å². The number of fused-ring (bicyclic) bond motifs is 1. The normalized spacial score (nSPS) is 23.2. The van der Waals surface area contributed by atoms with E-state index in [2.05, 4.69) is 0 Å². The zero-order chi connectivity index (χ0) is 20.7. The second-order valence-electron chi connectivity index (χ2n) is 8.76. The van der Waals surface area contributed by atoms with Crippen LogP contribution in [0.3, 0.4) is 0 Å². The first kappa shape index (κ1) is 19.6. The Bertz CT molecular complexity index is 956. The number of furan rings is 1. The van der Waals surface area contributed by atoms with Crippen molar-refractivity contribution in [3.63, 3.8) is 0 Å². The summed E-state index contributed by atoms with van der Waals surface area (Å²) in [6.07, 6.45) is 3.66. The lowest BCUT2D eigenvalue weighted by Gasteiger charge is -2.52. The zero-order valence-electron chi connectivity index (χ0n) is 17.4. The molecule has 160 valence electrons. The minimum atomic E-state index is -0.366. The summed E-state index contributed by atoms with van der Waals surface area (Å²) in [5.74, 6) is 0.398. The SMILES string of the molecule is Cc1c(C(=O)N2CC3(C[C@H](OCC(=O)N4CCCC4)CCO3)C2)oc2ccccc12. The molecular formula is C23H28N2O5. The van der Waals surface area contributed by atoms with Crippen LogP contribution in [0.1, 0.15) is 41.8 Å². The topological polar surface area (TPSA) is 72.2 Å². The number of benzene rings is 1. The molecule has 0 N–H and O–H groups in total. The van der Waals surface area contributed by atoms with Gasteiger partial charge in [-0.25, -0.2) is 0 Å². The molecule has 3 fully saturated rings. The van der Waals surface area contributed by atoms with Gasteiger partial charge >= 0.3 is 0 Å². The molecule has 0 aliphatic carbocycles. The van der Waals surface area contributed by atoms with E-state index in [9.17, 15) is 9.59 Å². The molecule has 7 heteroatoms. The summed E-state index contributed by atoms with van der Waals surface area (Å²) in [5.41, 5.74) is 1.25. The van der Waals surface area contributed by atoms with Crippen LogP contribution in [0.15, 0.2) is 28.7 Å². The Morgan fingerprint density at radius 2 is 1.93 bits per heavy atom. The van der Waals surface area contributed by atoms with E-state index >= 15 is 0 Å². The van der Waals surface area contributed by atoms with Gasteiger partial charge < -0.3 is 23.7 Å². The maximum absolute atomic E-state index is 13.0. The van der Waals surface area contributed by atoms with Gasteiger partial charge in [0.25, 0.3) is 5.91 Å². The number of aryl methyl sites for hydroxylation is 1. The molecule has 0 unspecified atom stereocenters. The van der Waals surface area contributed by atoms with Crippen molar-refractivity contribution >= 4 is 22.8 Å². The number of carbonyl (C=O) groups is 2. The van der Waals surface area contributed by atoms with Crippen LogP contribution in [0.5, 0.6) is 0 Å². The van der Waals surface area contributed by atoms with Crippen LogP contribution in [0.4, 0.5) is 0 Å². The third-order valence-corrected chi connectivity index (χ3v) is 6.63. The molecule has 2 amide bonds. The van der Waals surface area contributed by atoms with E-state index in [1.807, 2.05) is 36.1 Å². The Balaban J connectivity index is 1.18. The van der Waals surface area contributed by atoms with E-state index in [4.69, 9.17) is 13.9 Å². The zero-order valence-corrected chi connectivity index (χ0v) is 17.4. The number of para-hydroxylation sites is 1. The minimum absolute atomic E-state index is 0.00417. The number of ether oxygens (including phenoxy) is 2. The number of hydrogen-bond donors (Lipinski definition) is 0. The van der Waals surface area contributed by atoms with Gasteiger partial charge in [0.1, 0.15) is 17.8 Å². The Morgan fingerprint density at radius 3 is 2.70 bits per heavy atom. The summed E-state index contributed by atoms with van der Waals surface area (Å²) >= 11 is 0. The van der Waals surface area contributed by atoms with E-state index in [-0.39, 0.29) is 30.1 Å². The first-order valence-corrected chi connectivity index (χ1v) is 10.9. The lowest BCUT2D eigenvalue weighted by Crippen LogP contribution is -2.67. The molecule has 1 aromatic carbocycles. The summed E-state index contributed by atoms with van der Waals surface area (Å²) in [6, 6.07) is 7.70. The van der Waals surface area contributed by atoms with Crippen molar-refractivity contribution in [2.75, 3.05) is 39.4 Å². The Labute approximate surface area is 175 Å². The molecule has 5 rings (SSSR count). The molecule has 7 nitrogen and oxygen atoms in total. The smallest absolute Gasteiger partial charge is 0.290 e. The number of rotatable bonds is 4. The predicted molar refractivity (Wildman–Crippen MR) is 110 cm³/mol. The maximum Gasteiger partial charge on any atom is 0.290 e. The molecule has 0 saturated carbocycles. The Morgan fingerprint density at radius 1 is 1.17 bits per heavy atom. The van der Waals surface area contributed by atoms with Gasteiger partial charge in [-0.2, -0.15) is 0 Å². The summed E-state index contributed by atoms with van der Waals surface area (Å²) in [5, 5.41) is 0.973. The number of carbonyl (C=O) groups excluding carboxylic acids is 2. The van der Waals surface area contributed by atoms with E-state index in [0.717, 1.165) is 48.9 Å². The van der Waals surface area contributed by atoms with Crippen molar-refractivity contribution in [1.29, 1.82) is 0 Å². The standard InChI is InChI=1S/C23H28N2O5/c1-16-18-6-2-3-7-19(18)30-21(16)22(27)25-14-23(15-25)12-17(8-11-29-23)28-13-20(26)24-9-4-5-10-24/h2-3,6-7,17H,4-5,8-15H2,1H3/t17-/m1/s1. The Kier molecular flexibility index (Phi) is 5.03. The van der Waals surface area contributed by atoms with E-state index < -0.39 is 0 Å². The van der Waals surface area contributed by atoms with Crippen molar-refractivity contribution in [3.05, 3.63) is 35.6 Å². The molecule has 2 aromatic rings. The fraction of sp³-hybridized carbons (Fsp3) is 0.565. The van der Waals surface area contributed by atoms with Crippen LogP contribution in [0.2, 0.25) is 0 Å². The van der Waals surface area contributed by atoms with Crippen molar-refractivity contribution in [2.45, 2.75) is 44.3 Å². The summed E-state index contributed by atoms with van der Waals surface area (Å²) in [6.45, 7) is 5.41. The molecule has 30 heavy (non-hydrogen) atoms. The van der Waals surface area contributed by atoms with E-state index in [1.165, 1.54) is 0 Å². The third-order valence-electron chi connectivity index (χ3n) is 6.63. The lowest BCUT2D eigenvalue weighted by molar-refractivity contribution is -0.188. The van der Waals surface area contributed by atoms with Gasteiger partial charge in [0.2, 0.25) is 5.91 Å². The van der Waals surface area contributed by atoms with E-state index in [1.54, 1.807) is 4.90 Å². The molecule has 3 aliphatic heterocycles. The maximum atomic E-state index is 13.0. The molecule has 0 bridgehead atoms. The third kappa shape index (κ3) is 3.50. The number of amides is 2. The molecule has 4 heterocycles. The van der Waals surface area contributed by atoms with Gasteiger partial charge in [0.15, 0.2) is 5.76 Å². The second kappa shape index (κ2) is 7.71. The highest BCUT2D eigenvalue weighted by atomic mass is 16.5. The van der Waals surface area contributed by atoms with Crippen LogP contribution in [0, 0.1) is 6.92 Å². The van der Waals surface area contributed by atoms with Gasteiger partial charge in [-0.1, -0.05) is 18.2 Å². The van der Waals surface area contributed by atoms with Crippen molar-refractivity contribution in [3.8, 4) is 0 Å². The highest BCUT2D eigenvalue weighted by Gasteiger charge is 2.50. The van der Waals surface area contributed by atoms with Gasteiger partial charge in [0, 0.05) is 37.1 Å². The lowest BCUT2D eigenvalue weighted by atomic mass is 9.84. The first-order valence-electron chi connectivity index (χ1n) is 10.9. The van der Waals surface area contributed by atoms with Gasteiger partial charge in [-0.05, 0) is 32.3 Å². The molecule has 1 atom stereocenters. The first-order chi connectivity index (χ1) is 14.5. The largest absolute Gasteiger partial charge is 0.451 e. The minimum Gasteiger partial charge on any atom is -0.451 e. The van der Waals surface area contributed by atoms with Gasteiger partial charge in [-0.15, -0.1) is 0 Å². The Hall–Kier alpha value is -2.38. The van der Waals surface area contributed by atoms with Gasteiger partial charge in [-0.3, -0.25) is 9.59 Å². The predicted octanol–water partition coefficient (Wildman–Crippen LogP) is 2.75. The molecular weight excluding hydrogens is 384 g/mol. The number of likely N-dealkylation sites (tertiary alicyclic amines) is 2. The van der Waals surface area contributed by atoms with Crippen LogP contribution < -0.4 is 0 Å². The van der Waals surface area contributed by atoms with Crippen molar-refractivity contribution < 1.29 is 23.5 Å². The fourth-order valence-corrected chi connectivity index (χ4v) is 4.91. The molecule has 1 aromatic heterocycles. The number of hydrogen-bond acceptors (Lipinski definition) is 5. The van der Waals surface area contributed by atoms with Crippen LogP contribution >= 0.6 is 0 Å². The van der Waals surface area contributed by atoms with Crippen molar-refractivity contribution in [2.24, 2.45) is 0 Å². The highest BCUT2D eigenvalue weighted by molar-refractivity contribution is 5.99. The molecule has 0 radical (unpaired) electrons. The van der Waals surface area contributed by atoms with Crippen LogP contribution in [-0.2, 0) is 14.3 Å². The average Bonchev–Trinajstić information content (AvgIpc) is 3.39. The summed E-state index contributed by atoms with van der Waals surface area (Å²) in [4.78, 5) is 28.9.